The lowest BCUT2D eigenvalue weighted by atomic mass is 10.0. The maximum absolute atomic E-state index is 11.5. The molecule has 31 heavy (non-hydrogen) atoms. The van der Waals surface area contributed by atoms with Gasteiger partial charge in [0.15, 0.2) is 0 Å². The SMILES string of the molecule is CCCCCCCCCCCCCCCCCCOCCOC(=O)CCCCC(=O)O. The minimum absolute atomic E-state index is 0.107. The van der Waals surface area contributed by atoms with Crippen LogP contribution in [0.15, 0.2) is 0 Å². The predicted octanol–water partition coefficient (Wildman–Crippen LogP) is 7.45. The van der Waals surface area contributed by atoms with Crippen molar-refractivity contribution in [2.24, 2.45) is 0 Å². The minimum Gasteiger partial charge on any atom is -0.481 e. The Labute approximate surface area is 191 Å². The van der Waals surface area contributed by atoms with Crippen LogP contribution in [0.3, 0.4) is 0 Å². The standard InChI is InChI=1S/C26H50O5/c1-2-3-4-5-6-7-8-9-10-11-12-13-14-15-16-19-22-30-23-24-31-26(29)21-18-17-20-25(27)28/h2-24H2,1H3,(H,27,28). The van der Waals surface area contributed by atoms with Crippen molar-refractivity contribution in [3.8, 4) is 0 Å². The van der Waals surface area contributed by atoms with Crippen LogP contribution in [0.4, 0.5) is 0 Å². The van der Waals surface area contributed by atoms with Crippen molar-refractivity contribution in [3.05, 3.63) is 0 Å². The number of carboxylic acids is 1. The summed E-state index contributed by atoms with van der Waals surface area (Å²) in [7, 11) is 0. The van der Waals surface area contributed by atoms with Gasteiger partial charge < -0.3 is 14.6 Å². The molecule has 0 rings (SSSR count). The number of carbonyl (C=O) groups is 2. The fraction of sp³-hybridized carbons (Fsp3) is 0.923. The van der Waals surface area contributed by atoms with Crippen LogP contribution in [0.1, 0.15) is 135 Å². The molecule has 0 aromatic carbocycles. The average molecular weight is 443 g/mol. The van der Waals surface area contributed by atoms with Gasteiger partial charge in [0.1, 0.15) is 6.61 Å². The van der Waals surface area contributed by atoms with Gasteiger partial charge in [0, 0.05) is 19.4 Å². The Morgan fingerprint density at radius 2 is 1.00 bits per heavy atom. The monoisotopic (exact) mass is 442 g/mol. The minimum atomic E-state index is -0.823. The quantitative estimate of drug-likeness (QED) is 0.117. The molecule has 0 atom stereocenters. The van der Waals surface area contributed by atoms with Crippen LogP contribution in [-0.2, 0) is 19.1 Å². The van der Waals surface area contributed by atoms with Crippen LogP contribution < -0.4 is 0 Å². The molecule has 5 nitrogen and oxygen atoms in total. The molecular formula is C26H50O5. The molecular weight excluding hydrogens is 392 g/mol. The van der Waals surface area contributed by atoms with E-state index in [1.165, 1.54) is 96.3 Å². The summed E-state index contributed by atoms with van der Waals surface area (Å²) < 4.78 is 10.6. The van der Waals surface area contributed by atoms with Crippen LogP contribution in [-0.4, -0.2) is 36.9 Å². The van der Waals surface area contributed by atoms with Crippen molar-refractivity contribution in [3.63, 3.8) is 0 Å². The van der Waals surface area contributed by atoms with E-state index < -0.39 is 5.97 Å². The van der Waals surface area contributed by atoms with Crippen molar-refractivity contribution in [1.29, 1.82) is 0 Å². The number of hydrogen-bond donors (Lipinski definition) is 1. The molecule has 0 aliphatic heterocycles. The van der Waals surface area contributed by atoms with Crippen molar-refractivity contribution in [1.82, 2.24) is 0 Å². The Balaban J connectivity index is 3.10. The summed E-state index contributed by atoms with van der Waals surface area (Å²) >= 11 is 0. The van der Waals surface area contributed by atoms with E-state index >= 15 is 0 Å². The van der Waals surface area contributed by atoms with Crippen LogP contribution in [0.2, 0.25) is 0 Å². The third-order valence-electron chi connectivity index (χ3n) is 5.65. The molecule has 0 aromatic heterocycles. The zero-order valence-electron chi connectivity index (χ0n) is 20.3. The first-order valence-electron chi connectivity index (χ1n) is 13.1. The maximum Gasteiger partial charge on any atom is 0.305 e. The van der Waals surface area contributed by atoms with E-state index in [4.69, 9.17) is 14.6 Å². The summed E-state index contributed by atoms with van der Waals surface area (Å²) in [5.41, 5.74) is 0. The fourth-order valence-corrected chi connectivity index (χ4v) is 3.69. The molecule has 0 radical (unpaired) electrons. The molecule has 1 N–H and O–H groups in total. The van der Waals surface area contributed by atoms with E-state index in [1.807, 2.05) is 0 Å². The first-order chi connectivity index (χ1) is 15.2. The van der Waals surface area contributed by atoms with Gasteiger partial charge in [0.25, 0.3) is 0 Å². The summed E-state index contributed by atoms with van der Waals surface area (Å²) in [5, 5.41) is 8.53. The highest BCUT2D eigenvalue weighted by Gasteiger charge is 2.04. The van der Waals surface area contributed by atoms with Gasteiger partial charge >= 0.3 is 11.9 Å². The molecule has 0 bridgehead atoms. The number of ether oxygens (including phenoxy) is 2. The summed E-state index contributed by atoms with van der Waals surface area (Å²) in [6, 6.07) is 0. The number of esters is 1. The molecule has 0 fully saturated rings. The Morgan fingerprint density at radius 3 is 1.48 bits per heavy atom. The van der Waals surface area contributed by atoms with Gasteiger partial charge in [-0.2, -0.15) is 0 Å². The molecule has 0 spiro atoms. The molecule has 0 saturated heterocycles. The molecule has 0 amide bonds. The van der Waals surface area contributed by atoms with Gasteiger partial charge in [0.2, 0.25) is 0 Å². The predicted molar refractivity (Wildman–Crippen MR) is 127 cm³/mol. The van der Waals surface area contributed by atoms with Crippen LogP contribution in [0, 0.1) is 0 Å². The largest absolute Gasteiger partial charge is 0.481 e. The lowest BCUT2D eigenvalue weighted by Crippen LogP contribution is -2.11. The zero-order valence-corrected chi connectivity index (χ0v) is 20.3. The summed E-state index contributed by atoms with van der Waals surface area (Å²) in [6.45, 7) is 3.74. The summed E-state index contributed by atoms with van der Waals surface area (Å²) in [5.74, 6) is -1.09. The van der Waals surface area contributed by atoms with Crippen molar-refractivity contribution in [2.45, 2.75) is 135 Å². The fourth-order valence-electron chi connectivity index (χ4n) is 3.69. The lowest BCUT2D eigenvalue weighted by molar-refractivity contribution is -0.145. The number of carbonyl (C=O) groups excluding carboxylic acids is 1. The van der Waals surface area contributed by atoms with Crippen molar-refractivity contribution in [2.75, 3.05) is 19.8 Å². The van der Waals surface area contributed by atoms with E-state index in [0.29, 0.717) is 19.4 Å². The van der Waals surface area contributed by atoms with E-state index in [2.05, 4.69) is 6.92 Å². The number of carboxylic acid groups (broad SMARTS) is 1. The van der Waals surface area contributed by atoms with Crippen molar-refractivity contribution < 1.29 is 24.2 Å². The third-order valence-corrected chi connectivity index (χ3v) is 5.65. The van der Waals surface area contributed by atoms with Crippen molar-refractivity contribution >= 4 is 11.9 Å². The molecule has 0 unspecified atom stereocenters. The summed E-state index contributed by atoms with van der Waals surface area (Å²) in [6.07, 6.45) is 23.2. The van der Waals surface area contributed by atoms with Gasteiger partial charge in [-0.15, -0.1) is 0 Å². The number of hydrogen-bond acceptors (Lipinski definition) is 4. The number of aliphatic carboxylic acids is 1. The second-order valence-corrected chi connectivity index (χ2v) is 8.74. The molecule has 0 aromatic rings. The number of rotatable bonds is 25. The van der Waals surface area contributed by atoms with E-state index in [-0.39, 0.29) is 25.4 Å². The summed E-state index contributed by atoms with van der Waals surface area (Å²) in [4.78, 5) is 21.8. The number of unbranched alkanes of at least 4 members (excludes halogenated alkanes) is 16. The van der Waals surface area contributed by atoms with E-state index in [1.54, 1.807) is 0 Å². The van der Waals surface area contributed by atoms with Crippen LogP contribution in [0.25, 0.3) is 0 Å². The molecule has 0 heterocycles. The van der Waals surface area contributed by atoms with E-state index in [9.17, 15) is 9.59 Å². The Hall–Kier alpha value is -1.10. The molecule has 0 aliphatic carbocycles. The van der Waals surface area contributed by atoms with E-state index in [0.717, 1.165) is 13.0 Å². The van der Waals surface area contributed by atoms with Gasteiger partial charge in [-0.25, -0.2) is 0 Å². The zero-order chi connectivity index (χ0) is 22.8. The molecule has 5 heteroatoms. The van der Waals surface area contributed by atoms with Crippen LogP contribution in [0.5, 0.6) is 0 Å². The topological polar surface area (TPSA) is 72.8 Å². The second kappa shape index (κ2) is 25.2. The van der Waals surface area contributed by atoms with Gasteiger partial charge in [-0.05, 0) is 19.3 Å². The Kier molecular flexibility index (Phi) is 24.3. The first kappa shape index (κ1) is 29.9. The first-order valence-corrected chi connectivity index (χ1v) is 13.1. The highest BCUT2D eigenvalue weighted by Crippen LogP contribution is 2.13. The molecule has 0 aliphatic rings. The second-order valence-electron chi connectivity index (χ2n) is 8.74. The van der Waals surface area contributed by atoms with Crippen LogP contribution >= 0.6 is 0 Å². The molecule has 184 valence electrons. The lowest BCUT2D eigenvalue weighted by Gasteiger charge is -2.06. The third kappa shape index (κ3) is 26.9. The Morgan fingerprint density at radius 1 is 0.548 bits per heavy atom. The Bertz CT molecular complexity index is 397. The highest BCUT2D eigenvalue weighted by molar-refractivity contribution is 5.69. The normalized spacial score (nSPS) is 11.0. The van der Waals surface area contributed by atoms with Gasteiger partial charge in [-0.3, -0.25) is 9.59 Å². The maximum atomic E-state index is 11.5. The van der Waals surface area contributed by atoms with Gasteiger partial charge in [-0.1, -0.05) is 103 Å². The van der Waals surface area contributed by atoms with Gasteiger partial charge in [0.05, 0.1) is 6.61 Å². The highest BCUT2D eigenvalue weighted by atomic mass is 16.6. The average Bonchev–Trinajstić information content (AvgIpc) is 2.75. The smallest absolute Gasteiger partial charge is 0.305 e. The molecule has 0 saturated carbocycles.